The Morgan fingerprint density at radius 2 is 2.33 bits per heavy atom. The standard InChI is InChI=1S/C12H19NO2/c1-9-5-6-12(15-9)8-14-11-4-2-3-10(13)7-11/h5-6,10-11H,2-4,7-8,13H2,1H3. The molecule has 1 aliphatic carbocycles. The van der Waals surface area contributed by atoms with E-state index in [1.54, 1.807) is 0 Å². The van der Waals surface area contributed by atoms with Crippen molar-refractivity contribution in [2.45, 2.75) is 51.4 Å². The van der Waals surface area contributed by atoms with E-state index < -0.39 is 0 Å². The largest absolute Gasteiger partial charge is 0.464 e. The molecule has 1 aromatic heterocycles. The maximum atomic E-state index is 5.89. The molecule has 2 rings (SSSR count). The van der Waals surface area contributed by atoms with Crippen LogP contribution in [0.5, 0.6) is 0 Å². The van der Waals surface area contributed by atoms with Gasteiger partial charge in [-0.1, -0.05) is 0 Å². The van der Waals surface area contributed by atoms with E-state index in [4.69, 9.17) is 14.9 Å². The lowest BCUT2D eigenvalue weighted by molar-refractivity contribution is 0.00422. The van der Waals surface area contributed by atoms with E-state index in [2.05, 4.69) is 0 Å². The van der Waals surface area contributed by atoms with Gasteiger partial charge in [0.1, 0.15) is 18.1 Å². The van der Waals surface area contributed by atoms with Crippen molar-refractivity contribution in [1.29, 1.82) is 0 Å². The molecule has 1 aliphatic rings. The van der Waals surface area contributed by atoms with Gasteiger partial charge in [-0.15, -0.1) is 0 Å². The number of aryl methyl sites for hydroxylation is 1. The van der Waals surface area contributed by atoms with Gasteiger partial charge in [-0.25, -0.2) is 0 Å². The van der Waals surface area contributed by atoms with Gasteiger partial charge < -0.3 is 14.9 Å². The fourth-order valence-electron chi connectivity index (χ4n) is 2.10. The Kier molecular flexibility index (Phi) is 3.44. The summed E-state index contributed by atoms with van der Waals surface area (Å²) in [7, 11) is 0. The highest BCUT2D eigenvalue weighted by Crippen LogP contribution is 2.21. The first-order valence-corrected chi connectivity index (χ1v) is 5.66. The first-order valence-electron chi connectivity index (χ1n) is 5.66. The summed E-state index contributed by atoms with van der Waals surface area (Å²) in [5, 5.41) is 0. The summed E-state index contributed by atoms with van der Waals surface area (Å²) in [5.74, 6) is 1.85. The molecule has 15 heavy (non-hydrogen) atoms. The average Bonchev–Trinajstić information content (AvgIpc) is 2.62. The minimum atomic E-state index is 0.319. The number of ether oxygens (including phenoxy) is 1. The van der Waals surface area contributed by atoms with Crippen LogP contribution >= 0.6 is 0 Å². The molecule has 2 unspecified atom stereocenters. The van der Waals surface area contributed by atoms with E-state index in [0.29, 0.717) is 18.8 Å². The Hall–Kier alpha value is -0.800. The predicted molar refractivity (Wildman–Crippen MR) is 58.5 cm³/mol. The molecule has 1 heterocycles. The van der Waals surface area contributed by atoms with Crippen LogP contribution in [-0.4, -0.2) is 12.1 Å². The van der Waals surface area contributed by atoms with E-state index >= 15 is 0 Å². The third-order valence-corrected chi connectivity index (χ3v) is 2.92. The van der Waals surface area contributed by atoms with E-state index in [1.165, 1.54) is 6.42 Å². The van der Waals surface area contributed by atoms with Gasteiger partial charge in [0.25, 0.3) is 0 Å². The molecule has 0 bridgehead atoms. The van der Waals surface area contributed by atoms with Crippen LogP contribution in [0.3, 0.4) is 0 Å². The first kappa shape index (κ1) is 10.7. The molecule has 0 aromatic carbocycles. The van der Waals surface area contributed by atoms with Crippen LogP contribution in [0.1, 0.15) is 37.2 Å². The van der Waals surface area contributed by atoms with Crippen LogP contribution in [0.15, 0.2) is 16.5 Å². The molecular formula is C12H19NO2. The maximum absolute atomic E-state index is 5.89. The number of rotatable bonds is 3. The van der Waals surface area contributed by atoms with Crippen LogP contribution < -0.4 is 5.73 Å². The first-order chi connectivity index (χ1) is 7.24. The molecule has 2 atom stereocenters. The number of hydrogen-bond acceptors (Lipinski definition) is 3. The predicted octanol–water partition coefficient (Wildman–Crippen LogP) is 2.37. The van der Waals surface area contributed by atoms with Gasteiger partial charge in [0.2, 0.25) is 0 Å². The van der Waals surface area contributed by atoms with Gasteiger partial charge in [-0.3, -0.25) is 0 Å². The zero-order valence-electron chi connectivity index (χ0n) is 9.24. The van der Waals surface area contributed by atoms with E-state index in [1.807, 2.05) is 19.1 Å². The smallest absolute Gasteiger partial charge is 0.129 e. The van der Waals surface area contributed by atoms with Crippen LogP contribution in [0.4, 0.5) is 0 Å². The van der Waals surface area contributed by atoms with Crippen molar-refractivity contribution in [2.24, 2.45) is 5.73 Å². The van der Waals surface area contributed by atoms with Crippen molar-refractivity contribution in [3.8, 4) is 0 Å². The minimum absolute atomic E-state index is 0.319. The molecule has 0 amide bonds. The number of nitrogens with two attached hydrogens (primary N) is 1. The molecule has 84 valence electrons. The quantitative estimate of drug-likeness (QED) is 0.831. The average molecular weight is 209 g/mol. The van der Waals surface area contributed by atoms with Crippen LogP contribution in [0, 0.1) is 6.92 Å². The van der Waals surface area contributed by atoms with Gasteiger partial charge >= 0.3 is 0 Å². The van der Waals surface area contributed by atoms with E-state index in [-0.39, 0.29) is 0 Å². The molecule has 1 aromatic rings. The summed E-state index contributed by atoms with van der Waals surface area (Å²) in [5.41, 5.74) is 5.89. The lowest BCUT2D eigenvalue weighted by atomic mass is 9.94. The second kappa shape index (κ2) is 4.81. The monoisotopic (exact) mass is 209 g/mol. The van der Waals surface area contributed by atoms with Crippen molar-refractivity contribution in [3.63, 3.8) is 0 Å². The fraction of sp³-hybridized carbons (Fsp3) is 0.667. The normalized spacial score (nSPS) is 26.8. The second-order valence-corrected chi connectivity index (χ2v) is 4.37. The molecule has 1 fully saturated rings. The third kappa shape index (κ3) is 3.08. The van der Waals surface area contributed by atoms with Gasteiger partial charge in [-0.2, -0.15) is 0 Å². The molecule has 2 N–H and O–H groups in total. The van der Waals surface area contributed by atoms with Gasteiger partial charge in [0.05, 0.1) is 6.10 Å². The van der Waals surface area contributed by atoms with Gasteiger partial charge in [0.15, 0.2) is 0 Å². The Bertz CT molecular complexity index is 308. The van der Waals surface area contributed by atoms with Gasteiger partial charge in [0, 0.05) is 6.04 Å². The van der Waals surface area contributed by atoms with E-state index in [9.17, 15) is 0 Å². The van der Waals surface area contributed by atoms with Crippen LogP contribution in [0.2, 0.25) is 0 Å². The highest BCUT2D eigenvalue weighted by molar-refractivity contribution is 5.04. The van der Waals surface area contributed by atoms with Crippen molar-refractivity contribution in [1.82, 2.24) is 0 Å². The Balaban J connectivity index is 1.77. The van der Waals surface area contributed by atoms with Crippen molar-refractivity contribution in [3.05, 3.63) is 23.7 Å². The molecule has 1 saturated carbocycles. The summed E-state index contributed by atoms with van der Waals surface area (Å²) in [6, 6.07) is 4.26. The molecule has 3 heteroatoms. The van der Waals surface area contributed by atoms with E-state index in [0.717, 1.165) is 30.8 Å². The molecule has 3 nitrogen and oxygen atoms in total. The summed E-state index contributed by atoms with van der Waals surface area (Å²) in [6.07, 6.45) is 4.76. The summed E-state index contributed by atoms with van der Waals surface area (Å²) in [4.78, 5) is 0. The van der Waals surface area contributed by atoms with Crippen LogP contribution in [-0.2, 0) is 11.3 Å². The van der Waals surface area contributed by atoms with Gasteiger partial charge in [-0.05, 0) is 44.7 Å². The van der Waals surface area contributed by atoms with Crippen molar-refractivity contribution in [2.75, 3.05) is 0 Å². The zero-order valence-corrected chi connectivity index (χ0v) is 9.24. The third-order valence-electron chi connectivity index (χ3n) is 2.92. The Labute approximate surface area is 90.6 Å². The molecule has 0 radical (unpaired) electrons. The molecular weight excluding hydrogens is 190 g/mol. The highest BCUT2D eigenvalue weighted by atomic mass is 16.5. The lowest BCUT2D eigenvalue weighted by Gasteiger charge is -2.26. The summed E-state index contributed by atoms with van der Waals surface area (Å²) < 4.78 is 11.2. The fourth-order valence-corrected chi connectivity index (χ4v) is 2.10. The lowest BCUT2D eigenvalue weighted by Crippen LogP contribution is -2.32. The molecule has 0 saturated heterocycles. The maximum Gasteiger partial charge on any atom is 0.129 e. The zero-order chi connectivity index (χ0) is 10.7. The number of furan rings is 1. The minimum Gasteiger partial charge on any atom is -0.464 e. The summed E-state index contributed by atoms with van der Waals surface area (Å²) >= 11 is 0. The Morgan fingerprint density at radius 1 is 1.47 bits per heavy atom. The second-order valence-electron chi connectivity index (χ2n) is 4.37. The van der Waals surface area contributed by atoms with Crippen molar-refractivity contribution < 1.29 is 9.15 Å². The Morgan fingerprint density at radius 3 is 3.00 bits per heavy atom. The highest BCUT2D eigenvalue weighted by Gasteiger charge is 2.19. The molecule has 0 aliphatic heterocycles. The summed E-state index contributed by atoms with van der Waals surface area (Å²) in [6.45, 7) is 2.52. The van der Waals surface area contributed by atoms with Crippen molar-refractivity contribution >= 4 is 0 Å². The van der Waals surface area contributed by atoms with Crippen LogP contribution in [0.25, 0.3) is 0 Å². The molecule has 0 spiro atoms. The topological polar surface area (TPSA) is 48.4 Å². The number of hydrogen-bond donors (Lipinski definition) is 1. The SMILES string of the molecule is Cc1ccc(COC2CCCC(N)C2)o1.